The fraction of sp³-hybridized carbons (Fsp3) is 0.227. The van der Waals surface area contributed by atoms with Crippen molar-refractivity contribution in [3.8, 4) is 16.4 Å². The molecule has 0 radical (unpaired) electrons. The Bertz CT molecular complexity index is 1290. The van der Waals surface area contributed by atoms with Crippen LogP contribution in [0.4, 0.5) is 16.8 Å². The van der Waals surface area contributed by atoms with E-state index < -0.39 is 0 Å². The molecule has 5 rings (SSSR count). The molecule has 4 aromatic rings. The Balaban J connectivity index is 1.24. The summed E-state index contributed by atoms with van der Waals surface area (Å²) in [6.45, 7) is 4.93. The molecule has 11 nitrogen and oxygen atoms in total. The van der Waals surface area contributed by atoms with Gasteiger partial charge in [0.25, 0.3) is 0 Å². The lowest BCUT2D eigenvalue weighted by Crippen LogP contribution is -2.44. The van der Waals surface area contributed by atoms with E-state index >= 15 is 0 Å². The maximum absolute atomic E-state index is 11.9. The molecule has 1 aliphatic rings. The van der Waals surface area contributed by atoms with Crippen molar-refractivity contribution in [2.24, 2.45) is 0 Å². The molecule has 34 heavy (non-hydrogen) atoms. The SMILES string of the molecule is C=CC(=O)N1CCC[C@H](Nc2cncc(Nc3ncc(-c4nnn(-c5ccccc5)n4)s3)n2)C1. The van der Waals surface area contributed by atoms with Crippen LogP contribution < -0.4 is 10.6 Å². The van der Waals surface area contributed by atoms with Crippen LogP contribution in [-0.4, -0.2) is 65.1 Å². The van der Waals surface area contributed by atoms with Crippen LogP contribution in [0.1, 0.15) is 12.8 Å². The highest BCUT2D eigenvalue weighted by atomic mass is 32.1. The van der Waals surface area contributed by atoms with E-state index in [9.17, 15) is 4.79 Å². The average molecular weight is 475 g/mol. The van der Waals surface area contributed by atoms with Crippen LogP contribution in [0, 0.1) is 0 Å². The Labute approximate surface area is 199 Å². The standard InChI is InChI=1S/C22H22N10OS/c1-2-20(33)31-10-6-7-15(14-31)25-18-12-23-13-19(26-18)27-22-24-11-17(34-22)21-28-30-32(29-21)16-8-4-3-5-9-16/h2-5,8-9,11-13,15H,1,6-7,10,14H2,(H2,24,25,26,27)/t15-/m0/s1. The molecule has 1 amide bonds. The van der Waals surface area contributed by atoms with Crippen LogP contribution in [0.15, 0.2) is 61.6 Å². The summed E-state index contributed by atoms with van der Waals surface area (Å²) in [6, 6.07) is 9.69. The third-order valence-corrected chi connectivity index (χ3v) is 6.16. The number of hydrogen-bond acceptors (Lipinski definition) is 10. The molecule has 12 heteroatoms. The number of rotatable bonds is 7. The Morgan fingerprint density at radius 3 is 2.88 bits per heavy atom. The van der Waals surface area contributed by atoms with Crippen LogP contribution in [0.25, 0.3) is 16.4 Å². The molecular weight excluding hydrogens is 452 g/mol. The van der Waals surface area contributed by atoms with Crippen molar-refractivity contribution < 1.29 is 4.79 Å². The minimum atomic E-state index is -0.0501. The number of likely N-dealkylation sites (tertiary alicyclic amines) is 1. The predicted octanol–water partition coefficient (Wildman–Crippen LogP) is 2.91. The Morgan fingerprint density at radius 1 is 1.18 bits per heavy atom. The van der Waals surface area contributed by atoms with E-state index in [0.29, 0.717) is 29.1 Å². The number of para-hydroxylation sites is 1. The zero-order valence-corrected chi connectivity index (χ0v) is 19.0. The first kappa shape index (κ1) is 21.6. The number of carbonyl (C=O) groups excluding carboxylic acids is 1. The van der Waals surface area contributed by atoms with Gasteiger partial charge in [0.2, 0.25) is 11.7 Å². The van der Waals surface area contributed by atoms with E-state index in [1.807, 2.05) is 30.3 Å². The minimum absolute atomic E-state index is 0.0501. The lowest BCUT2D eigenvalue weighted by atomic mass is 10.1. The zero-order valence-electron chi connectivity index (χ0n) is 18.2. The summed E-state index contributed by atoms with van der Waals surface area (Å²) < 4.78 is 0. The molecule has 1 aliphatic heterocycles. The molecule has 172 valence electrons. The summed E-state index contributed by atoms with van der Waals surface area (Å²) in [4.78, 5) is 29.2. The number of carbonyl (C=O) groups is 1. The van der Waals surface area contributed by atoms with Crippen molar-refractivity contribution >= 4 is 34.0 Å². The van der Waals surface area contributed by atoms with Gasteiger partial charge in [0, 0.05) is 19.1 Å². The molecule has 1 saturated heterocycles. The van der Waals surface area contributed by atoms with E-state index in [1.165, 1.54) is 22.2 Å². The third kappa shape index (κ3) is 4.91. The number of benzene rings is 1. The summed E-state index contributed by atoms with van der Waals surface area (Å²) in [6.07, 6.45) is 8.22. The number of nitrogens with one attached hydrogen (secondary N) is 2. The number of nitrogens with zero attached hydrogens (tertiary/aromatic N) is 8. The highest BCUT2D eigenvalue weighted by Crippen LogP contribution is 2.28. The highest BCUT2D eigenvalue weighted by Gasteiger charge is 2.22. The summed E-state index contributed by atoms with van der Waals surface area (Å²) >= 11 is 1.39. The van der Waals surface area contributed by atoms with Gasteiger partial charge in [-0.25, -0.2) is 9.97 Å². The normalized spacial score (nSPS) is 15.6. The van der Waals surface area contributed by atoms with E-state index in [2.05, 4.69) is 47.6 Å². The predicted molar refractivity (Wildman–Crippen MR) is 129 cm³/mol. The lowest BCUT2D eigenvalue weighted by Gasteiger charge is -2.32. The maximum atomic E-state index is 11.9. The second-order valence-corrected chi connectivity index (χ2v) is 8.68. The fourth-order valence-electron chi connectivity index (χ4n) is 3.66. The molecule has 0 spiro atoms. The Kier molecular flexibility index (Phi) is 6.21. The van der Waals surface area contributed by atoms with Crippen molar-refractivity contribution in [1.82, 2.24) is 40.1 Å². The van der Waals surface area contributed by atoms with E-state index in [1.54, 1.807) is 23.5 Å². The molecule has 1 atom stereocenters. The van der Waals surface area contributed by atoms with Gasteiger partial charge in [-0.05, 0) is 36.3 Å². The van der Waals surface area contributed by atoms with Gasteiger partial charge in [-0.2, -0.15) is 0 Å². The quantitative estimate of drug-likeness (QED) is 0.389. The maximum Gasteiger partial charge on any atom is 0.246 e. The molecule has 3 aromatic heterocycles. The molecule has 1 aromatic carbocycles. The van der Waals surface area contributed by atoms with Crippen molar-refractivity contribution in [2.45, 2.75) is 18.9 Å². The molecule has 0 unspecified atom stereocenters. The van der Waals surface area contributed by atoms with Crippen molar-refractivity contribution in [3.63, 3.8) is 0 Å². The topological polar surface area (TPSA) is 127 Å². The summed E-state index contributed by atoms with van der Waals surface area (Å²) in [5.41, 5.74) is 0.832. The van der Waals surface area contributed by atoms with E-state index in [0.717, 1.165) is 30.0 Å². The Morgan fingerprint density at radius 2 is 2.03 bits per heavy atom. The number of thiazole rings is 1. The molecule has 0 aliphatic carbocycles. The second-order valence-electron chi connectivity index (χ2n) is 7.65. The van der Waals surface area contributed by atoms with Crippen LogP contribution in [0.2, 0.25) is 0 Å². The van der Waals surface area contributed by atoms with Gasteiger partial charge in [-0.1, -0.05) is 36.1 Å². The second kappa shape index (κ2) is 9.75. The molecule has 1 fully saturated rings. The Hall–Kier alpha value is -4.19. The lowest BCUT2D eigenvalue weighted by molar-refractivity contribution is -0.127. The molecule has 4 heterocycles. The first-order chi connectivity index (χ1) is 16.7. The minimum Gasteiger partial charge on any atom is -0.364 e. The van der Waals surface area contributed by atoms with Crippen molar-refractivity contribution in [2.75, 3.05) is 23.7 Å². The van der Waals surface area contributed by atoms with Crippen molar-refractivity contribution in [1.29, 1.82) is 0 Å². The van der Waals surface area contributed by atoms with Crippen LogP contribution in [-0.2, 0) is 4.79 Å². The number of anilines is 3. The number of piperidine rings is 1. The first-order valence-corrected chi connectivity index (χ1v) is 11.6. The fourth-order valence-corrected chi connectivity index (χ4v) is 4.41. The van der Waals surface area contributed by atoms with Gasteiger partial charge in [0.15, 0.2) is 10.9 Å². The van der Waals surface area contributed by atoms with Gasteiger partial charge in [-0.3, -0.25) is 9.78 Å². The van der Waals surface area contributed by atoms with E-state index in [4.69, 9.17) is 0 Å². The number of amides is 1. The first-order valence-electron chi connectivity index (χ1n) is 10.8. The third-order valence-electron chi connectivity index (χ3n) is 5.26. The van der Waals surface area contributed by atoms with E-state index in [-0.39, 0.29) is 11.9 Å². The monoisotopic (exact) mass is 474 g/mol. The van der Waals surface area contributed by atoms with Crippen LogP contribution in [0.5, 0.6) is 0 Å². The molecule has 0 bridgehead atoms. The van der Waals surface area contributed by atoms with Crippen LogP contribution >= 0.6 is 11.3 Å². The summed E-state index contributed by atoms with van der Waals surface area (Å²) in [5.74, 6) is 1.63. The molecule has 0 saturated carbocycles. The average Bonchev–Trinajstić information content (AvgIpc) is 3.54. The number of tetrazole rings is 1. The van der Waals surface area contributed by atoms with Gasteiger partial charge in [-0.15, -0.1) is 15.0 Å². The number of aromatic nitrogens is 7. The molecule has 2 N–H and O–H groups in total. The highest BCUT2D eigenvalue weighted by molar-refractivity contribution is 7.18. The van der Waals surface area contributed by atoms with Gasteiger partial charge in [0.05, 0.1) is 29.2 Å². The van der Waals surface area contributed by atoms with Gasteiger partial charge >= 0.3 is 0 Å². The van der Waals surface area contributed by atoms with Gasteiger partial charge < -0.3 is 15.5 Å². The summed E-state index contributed by atoms with van der Waals surface area (Å²) in [7, 11) is 0. The van der Waals surface area contributed by atoms with Crippen molar-refractivity contribution in [3.05, 3.63) is 61.6 Å². The largest absolute Gasteiger partial charge is 0.364 e. The van der Waals surface area contributed by atoms with Crippen LogP contribution in [0.3, 0.4) is 0 Å². The molecular formula is C22H22N10OS. The van der Waals surface area contributed by atoms with Gasteiger partial charge in [0.1, 0.15) is 5.82 Å². The smallest absolute Gasteiger partial charge is 0.246 e. The number of hydrogen-bond donors (Lipinski definition) is 2. The summed E-state index contributed by atoms with van der Waals surface area (Å²) in [5, 5.41) is 19.9. The zero-order chi connectivity index (χ0) is 23.3.